The molecule has 1 rings (SSSR count). The highest BCUT2D eigenvalue weighted by atomic mass is 16.6. The molecular formula is C3H3N7O2. The first-order chi connectivity index (χ1) is 5.65. The first-order valence-electron chi connectivity index (χ1n) is 2.69. The fraction of sp³-hybridized carbons (Fsp3) is 0. The Morgan fingerprint density at radius 1 is 1.92 bits per heavy atom. The predicted molar refractivity (Wildman–Crippen MR) is 37.8 cm³/mol. The van der Waals surface area contributed by atoms with Crippen molar-refractivity contribution in [3.8, 4) is 0 Å². The van der Waals surface area contributed by atoms with E-state index in [9.17, 15) is 10.1 Å². The molecule has 0 spiro atoms. The van der Waals surface area contributed by atoms with Gasteiger partial charge in [-0.15, -0.1) is 0 Å². The number of nitrogens with two attached hydrogens (primary N) is 1. The van der Waals surface area contributed by atoms with Gasteiger partial charge >= 0.3 is 11.8 Å². The summed E-state index contributed by atoms with van der Waals surface area (Å²) in [6, 6.07) is 0. The molecule has 2 N–H and O–H groups in total. The molecule has 0 aliphatic rings. The van der Waals surface area contributed by atoms with Crippen LogP contribution in [0.5, 0.6) is 0 Å². The van der Waals surface area contributed by atoms with Gasteiger partial charge in [-0.2, -0.15) is 0 Å². The summed E-state index contributed by atoms with van der Waals surface area (Å²) in [5, 5.41) is 13.1. The molecule has 0 aromatic carbocycles. The quantitative estimate of drug-likeness (QED) is 0.171. The minimum absolute atomic E-state index is 0.246. The van der Waals surface area contributed by atoms with E-state index in [4.69, 9.17) is 11.4 Å². The molecule has 1 heterocycles. The zero-order valence-corrected chi connectivity index (χ0v) is 5.65. The van der Waals surface area contributed by atoms with Gasteiger partial charge in [-0.05, 0) is 15.4 Å². The molecule has 0 aliphatic heterocycles. The third-order valence-electron chi connectivity index (χ3n) is 1.02. The summed E-state index contributed by atoms with van der Waals surface area (Å²) < 4.78 is 0.776. The highest BCUT2D eigenvalue weighted by molar-refractivity contribution is 5.28. The Morgan fingerprint density at radius 2 is 2.58 bits per heavy atom. The van der Waals surface area contributed by atoms with E-state index < -0.39 is 10.7 Å². The third-order valence-corrected chi connectivity index (χ3v) is 1.02. The number of aromatic nitrogens is 2. The summed E-state index contributed by atoms with van der Waals surface area (Å²) in [7, 11) is 0. The molecule has 0 saturated carbocycles. The maximum Gasteiger partial charge on any atom is 0.384 e. The fourth-order valence-electron chi connectivity index (χ4n) is 0.573. The van der Waals surface area contributed by atoms with Crippen LogP contribution < -0.4 is 5.84 Å². The second-order valence-corrected chi connectivity index (χ2v) is 1.75. The van der Waals surface area contributed by atoms with E-state index in [-0.39, 0.29) is 5.95 Å². The van der Waals surface area contributed by atoms with E-state index >= 15 is 0 Å². The van der Waals surface area contributed by atoms with E-state index in [0.29, 0.717) is 0 Å². The van der Waals surface area contributed by atoms with Gasteiger partial charge in [0.05, 0.1) is 0 Å². The van der Waals surface area contributed by atoms with Crippen LogP contribution in [-0.4, -0.2) is 14.6 Å². The van der Waals surface area contributed by atoms with Crippen LogP contribution in [0.4, 0.5) is 11.8 Å². The number of rotatable bonds is 2. The van der Waals surface area contributed by atoms with Gasteiger partial charge in [0.1, 0.15) is 6.20 Å². The molecule has 0 radical (unpaired) electrons. The van der Waals surface area contributed by atoms with Crippen LogP contribution in [0.25, 0.3) is 10.4 Å². The van der Waals surface area contributed by atoms with E-state index in [2.05, 4.69) is 15.0 Å². The minimum Gasteiger partial charge on any atom is -0.358 e. The molecule has 0 fully saturated rings. The number of azide groups is 1. The largest absolute Gasteiger partial charge is 0.384 e. The van der Waals surface area contributed by atoms with E-state index in [1.54, 1.807) is 0 Å². The third kappa shape index (κ3) is 1.25. The summed E-state index contributed by atoms with van der Waals surface area (Å²) in [5.41, 5.74) is 7.97. The monoisotopic (exact) mass is 169 g/mol. The van der Waals surface area contributed by atoms with E-state index in [1.165, 1.54) is 0 Å². The Bertz CT molecular complexity index is 361. The van der Waals surface area contributed by atoms with Gasteiger partial charge in [-0.25, -0.2) is 4.68 Å². The molecule has 9 heteroatoms. The molecule has 12 heavy (non-hydrogen) atoms. The zero-order valence-electron chi connectivity index (χ0n) is 5.65. The lowest BCUT2D eigenvalue weighted by Crippen LogP contribution is -2.04. The van der Waals surface area contributed by atoms with Crippen LogP contribution in [0, 0.1) is 10.1 Å². The Hall–Kier alpha value is -2.28. The van der Waals surface area contributed by atoms with Gasteiger partial charge in [0.25, 0.3) is 0 Å². The molecule has 0 saturated heterocycles. The van der Waals surface area contributed by atoms with Gasteiger partial charge < -0.3 is 16.0 Å². The zero-order chi connectivity index (χ0) is 9.14. The summed E-state index contributed by atoms with van der Waals surface area (Å²) >= 11 is 0. The number of hydrogen-bond donors (Lipinski definition) is 1. The second kappa shape index (κ2) is 2.76. The van der Waals surface area contributed by atoms with Gasteiger partial charge in [0.15, 0.2) is 0 Å². The van der Waals surface area contributed by atoms with Crippen molar-refractivity contribution in [3.63, 3.8) is 0 Å². The molecule has 1 aromatic rings. The Morgan fingerprint density at radius 3 is 3.00 bits per heavy atom. The van der Waals surface area contributed by atoms with Crippen LogP contribution in [0.3, 0.4) is 0 Å². The van der Waals surface area contributed by atoms with Crippen molar-refractivity contribution in [3.05, 3.63) is 26.8 Å². The maximum absolute atomic E-state index is 10.1. The van der Waals surface area contributed by atoms with E-state index in [0.717, 1.165) is 10.9 Å². The van der Waals surface area contributed by atoms with Gasteiger partial charge in [-0.3, -0.25) is 0 Å². The number of imidazole rings is 1. The lowest BCUT2D eigenvalue weighted by Gasteiger charge is -1.84. The summed E-state index contributed by atoms with van der Waals surface area (Å²) in [4.78, 5) is 15.1. The highest BCUT2D eigenvalue weighted by Gasteiger charge is 2.15. The normalized spacial score (nSPS) is 9.00. The second-order valence-electron chi connectivity index (χ2n) is 1.75. The number of hydrogen-bond acceptors (Lipinski definition) is 5. The average molecular weight is 169 g/mol. The van der Waals surface area contributed by atoms with Crippen LogP contribution in [0.2, 0.25) is 0 Å². The lowest BCUT2D eigenvalue weighted by molar-refractivity contribution is -0.389. The van der Waals surface area contributed by atoms with Crippen LogP contribution in [0.1, 0.15) is 0 Å². The topological polar surface area (TPSA) is 136 Å². The van der Waals surface area contributed by atoms with Crippen molar-refractivity contribution in [2.45, 2.75) is 0 Å². The molecule has 1 aromatic heterocycles. The fourth-order valence-corrected chi connectivity index (χ4v) is 0.573. The lowest BCUT2D eigenvalue weighted by atomic mass is 10.8. The summed E-state index contributed by atoms with van der Waals surface area (Å²) in [5.74, 6) is 4.45. The van der Waals surface area contributed by atoms with Gasteiger partial charge in [0.2, 0.25) is 0 Å². The maximum atomic E-state index is 10.1. The molecule has 0 atom stereocenters. The highest BCUT2D eigenvalue weighted by Crippen LogP contribution is 2.14. The molecule has 0 aliphatic carbocycles. The van der Waals surface area contributed by atoms with Gasteiger partial charge in [-0.1, -0.05) is 0 Å². The molecule has 0 bridgehead atoms. The summed E-state index contributed by atoms with van der Waals surface area (Å²) in [6.07, 6.45) is 0.948. The van der Waals surface area contributed by atoms with Crippen molar-refractivity contribution >= 4 is 11.8 Å². The number of nitrogen functional groups attached to an aromatic ring is 1. The van der Waals surface area contributed by atoms with Crippen LogP contribution >= 0.6 is 0 Å². The smallest absolute Gasteiger partial charge is 0.358 e. The Labute approximate surface area is 65.2 Å². The SMILES string of the molecule is [N-]=[N+]=Nc1nc([N+](=O)[O-])cn1N. The average Bonchev–Trinajstić information content (AvgIpc) is 2.34. The number of nitrogens with zero attached hydrogens (tertiary/aromatic N) is 6. The molecule has 9 nitrogen and oxygen atoms in total. The van der Waals surface area contributed by atoms with Gasteiger partial charge in [0, 0.05) is 10.0 Å². The van der Waals surface area contributed by atoms with Crippen molar-refractivity contribution in [1.82, 2.24) is 9.66 Å². The molecule has 0 unspecified atom stereocenters. The molecular weight excluding hydrogens is 166 g/mol. The molecule has 0 amide bonds. The number of nitro groups is 1. The molecule has 62 valence electrons. The Balaban J connectivity index is 3.16. The summed E-state index contributed by atoms with van der Waals surface area (Å²) in [6.45, 7) is 0. The minimum atomic E-state index is -0.736. The Kier molecular flexibility index (Phi) is 1.80. The van der Waals surface area contributed by atoms with E-state index in [1.807, 2.05) is 0 Å². The first-order valence-corrected chi connectivity index (χ1v) is 2.69. The predicted octanol–water partition coefficient (Wildman–Crippen LogP) is 0.447. The van der Waals surface area contributed by atoms with Crippen LogP contribution in [-0.2, 0) is 0 Å². The van der Waals surface area contributed by atoms with Crippen LogP contribution in [0.15, 0.2) is 11.3 Å². The first kappa shape index (κ1) is 7.82. The van der Waals surface area contributed by atoms with Crippen molar-refractivity contribution in [1.29, 1.82) is 0 Å². The standard InChI is InChI=1S/C3H3N7O2/c4-8-7-3-6-2(10(11)12)1-9(3)5/h1H,5H2. The van der Waals surface area contributed by atoms with Crippen molar-refractivity contribution in [2.75, 3.05) is 5.84 Å². The van der Waals surface area contributed by atoms with Crippen molar-refractivity contribution in [2.24, 2.45) is 5.11 Å². The van der Waals surface area contributed by atoms with Crippen molar-refractivity contribution < 1.29 is 4.92 Å².